The number of aryl methyl sites for hydroxylation is 1. The highest BCUT2D eigenvalue weighted by atomic mass is 32.2. The van der Waals surface area contributed by atoms with Gasteiger partial charge >= 0.3 is 0 Å². The van der Waals surface area contributed by atoms with Crippen LogP contribution in [0.4, 0.5) is 0 Å². The van der Waals surface area contributed by atoms with E-state index in [0.29, 0.717) is 23.6 Å². The Bertz CT molecular complexity index is 733. The van der Waals surface area contributed by atoms with E-state index in [-0.39, 0.29) is 11.1 Å². The normalized spacial score (nSPS) is 19.5. The van der Waals surface area contributed by atoms with Gasteiger partial charge in [0.2, 0.25) is 0 Å². The Kier molecular flexibility index (Phi) is 5.57. The van der Waals surface area contributed by atoms with E-state index in [1.165, 1.54) is 4.31 Å². The Hall–Kier alpha value is -1.11. The summed E-state index contributed by atoms with van der Waals surface area (Å²) in [6.45, 7) is 17.3. The van der Waals surface area contributed by atoms with Crippen molar-refractivity contribution < 1.29 is 12.8 Å². The first kappa shape index (κ1) is 20.2. The van der Waals surface area contributed by atoms with E-state index in [0.717, 1.165) is 12.0 Å². The van der Waals surface area contributed by atoms with Gasteiger partial charge in [0.1, 0.15) is 0 Å². The fourth-order valence-electron chi connectivity index (χ4n) is 2.68. The van der Waals surface area contributed by atoms with Crippen molar-refractivity contribution >= 4 is 18.3 Å². The number of nitrogens with zero attached hydrogens (tertiary/aromatic N) is 1. The van der Waals surface area contributed by atoms with Gasteiger partial charge in [-0.2, -0.15) is 0 Å². The van der Waals surface area contributed by atoms with Crippen molar-refractivity contribution in [2.24, 2.45) is 0 Å². The fourth-order valence-corrected chi connectivity index (χ4v) is 5.42. The van der Waals surface area contributed by atoms with Crippen LogP contribution in [-0.4, -0.2) is 33.7 Å². The molecular weight excluding hydrogens is 350 g/mol. The molecule has 1 aliphatic rings. The zero-order valence-electron chi connectivity index (χ0n) is 16.3. The Morgan fingerprint density at radius 2 is 1.80 bits per heavy atom. The van der Waals surface area contributed by atoms with E-state index in [4.69, 9.17) is 4.43 Å². The molecule has 1 heterocycles. The lowest BCUT2D eigenvalue weighted by Gasteiger charge is -2.38. The third kappa shape index (κ3) is 4.18. The minimum Gasteiger partial charge on any atom is -0.415 e. The van der Waals surface area contributed by atoms with Gasteiger partial charge in [0.15, 0.2) is 8.32 Å². The highest BCUT2D eigenvalue weighted by Gasteiger charge is 2.41. The average molecular weight is 382 g/mol. The first-order chi connectivity index (χ1) is 11.4. The van der Waals surface area contributed by atoms with Crippen molar-refractivity contribution in [2.45, 2.75) is 69.6 Å². The van der Waals surface area contributed by atoms with Gasteiger partial charge in [-0.1, -0.05) is 45.0 Å². The Balaban J connectivity index is 2.23. The van der Waals surface area contributed by atoms with Crippen LogP contribution in [0.3, 0.4) is 0 Å². The van der Waals surface area contributed by atoms with Crippen LogP contribution in [-0.2, 0) is 14.4 Å². The molecule has 1 aromatic rings. The quantitative estimate of drug-likeness (QED) is 0.696. The lowest BCUT2D eigenvalue weighted by Crippen LogP contribution is -2.45. The number of rotatable bonds is 5. The second-order valence-corrected chi connectivity index (χ2v) is 15.1. The summed E-state index contributed by atoms with van der Waals surface area (Å²) < 4.78 is 34.0. The first-order valence-corrected chi connectivity index (χ1v) is 13.1. The molecule has 0 saturated carbocycles. The second kappa shape index (κ2) is 6.89. The van der Waals surface area contributed by atoms with E-state index < -0.39 is 18.3 Å². The molecule has 0 radical (unpaired) electrons. The zero-order valence-corrected chi connectivity index (χ0v) is 18.1. The van der Waals surface area contributed by atoms with Crippen molar-refractivity contribution in [3.8, 4) is 0 Å². The van der Waals surface area contributed by atoms with E-state index in [1.807, 2.05) is 19.1 Å². The number of sulfonamides is 1. The summed E-state index contributed by atoms with van der Waals surface area (Å²) >= 11 is 0. The molecule has 0 aromatic heterocycles. The fraction of sp³-hybridized carbons (Fsp3) is 0.579. The monoisotopic (exact) mass is 381 g/mol. The number of benzene rings is 1. The van der Waals surface area contributed by atoms with Crippen molar-refractivity contribution in [2.75, 3.05) is 6.61 Å². The molecule has 0 amide bonds. The topological polar surface area (TPSA) is 46.6 Å². The second-order valence-electron chi connectivity index (χ2n) is 8.44. The largest absolute Gasteiger partial charge is 0.415 e. The molecule has 0 unspecified atom stereocenters. The molecule has 25 heavy (non-hydrogen) atoms. The van der Waals surface area contributed by atoms with Crippen LogP contribution in [0.15, 0.2) is 41.4 Å². The molecule has 4 nitrogen and oxygen atoms in total. The Morgan fingerprint density at radius 3 is 2.32 bits per heavy atom. The highest BCUT2D eigenvalue weighted by molar-refractivity contribution is 7.89. The molecule has 0 aliphatic carbocycles. The molecule has 0 spiro atoms. The van der Waals surface area contributed by atoms with E-state index in [9.17, 15) is 8.42 Å². The van der Waals surface area contributed by atoms with Gasteiger partial charge in [0, 0.05) is 5.70 Å². The summed E-state index contributed by atoms with van der Waals surface area (Å²) in [6, 6.07) is 6.82. The molecule has 6 heteroatoms. The summed E-state index contributed by atoms with van der Waals surface area (Å²) in [7, 11) is -5.51. The third-order valence-electron chi connectivity index (χ3n) is 5.43. The molecule has 0 N–H and O–H groups in total. The Morgan fingerprint density at radius 1 is 1.24 bits per heavy atom. The van der Waals surface area contributed by atoms with E-state index in [2.05, 4.69) is 40.4 Å². The maximum atomic E-state index is 13.1. The van der Waals surface area contributed by atoms with Crippen LogP contribution >= 0.6 is 0 Å². The lowest BCUT2D eigenvalue weighted by molar-refractivity contribution is 0.222. The minimum atomic E-state index is -3.59. The third-order valence-corrected chi connectivity index (χ3v) is 11.9. The smallest absolute Gasteiger partial charge is 0.264 e. The van der Waals surface area contributed by atoms with Crippen LogP contribution in [0.1, 0.15) is 39.2 Å². The van der Waals surface area contributed by atoms with Crippen LogP contribution in [0.2, 0.25) is 18.1 Å². The molecule has 140 valence electrons. The van der Waals surface area contributed by atoms with Gasteiger partial charge in [-0.05, 0) is 50.0 Å². The summed E-state index contributed by atoms with van der Waals surface area (Å²) in [6.07, 6.45) is 1.45. The molecular formula is C19H31NO3SSi. The summed E-state index contributed by atoms with van der Waals surface area (Å²) in [4.78, 5) is 0.318. The maximum Gasteiger partial charge on any atom is 0.264 e. The number of allylic oxidation sites excluding steroid dienone is 1. The van der Waals surface area contributed by atoms with Crippen LogP contribution < -0.4 is 0 Å². The first-order valence-electron chi connectivity index (χ1n) is 8.79. The number of hydrogen-bond acceptors (Lipinski definition) is 3. The zero-order chi connectivity index (χ0) is 19.0. The van der Waals surface area contributed by atoms with Crippen LogP contribution in [0, 0.1) is 6.92 Å². The highest BCUT2D eigenvalue weighted by Crippen LogP contribution is 2.38. The molecule has 1 aliphatic heterocycles. The van der Waals surface area contributed by atoms with E-state index >= 15 is 0 Å². The van der Waals surface area contributed by atoms with Gasteiger partial charge in [-0.25, -0.2) is 8.42 Å². The Labute approximate surface area is 154 Å². The van der Waals surface area contributed by atoms with E-state index in [1.54, 1.807) is 12.1 Å². The lowest BCUT2D eigenvalue weighted by atomic mass is 10.2. The predicted octanol–water partition coefficient (Wildman–Crippen LogP) is 4.68. The van der Waals surface area contributed by atoms with Crippen LogP contribution in [0.5, 0.6) is 0 Å². The summed E-state index contributed by atoms with van der Waals surface area (Å²) in [5.74, 6) is 0. The van der Waals surface area contributed by atoms with Crippen molar-refractivity contribution in [1.82, 2.24) is 4.31 Å². The van der Waals surface area contributed by atoms with Crippen molar-refractivity contribution in [1.29, 1.82) is 0 Å². The predicted molar refractivity (Wildman–Crippen MR) is 106 cm³/mol. The molecule has 0 bridgehead atoms. The van der Waals surface area contributed by atoms with Gasteiger partial charge in [-0.3, -0.25) is 4.31 Å². The van der Waals surface area contributed by atoms with Gasteiger partial charge in [-0.15, -0.1) is 0 Å². The van der Waals surface area contributed by atoms with Gasteiger partial charge in [0.05, 0.1) is 17.5 Å². The standard InChI is InChI=1S/C19H31NO3SSi/c1-15-8-12-18(13-9-15)24(21,22)20-16(2)10-11-17(20)14-23-25(6,7)19(3,4)5/h8-9,12-13,17H,2,10-11,14H2,1,3-7H3/t17-/m0/s1. The molecule has 1 aromatic carbocycles. The molecule has 1 fully saturated rings. The molecule has 1 atom stereocenters. The SMILES string of the molecule is C=C1CC[C@@H](CO[Si](C)(C)C(C)(C)C)N1S(=O)(=O)c1ccc(C)cc1. The molecule has 1 saturated heterocycles. The van der Waals surface area contributed by atoms with Crippen molar-refractivity contribution in [3.05, 3.63) is 42.1 Å². The number of hydrogen-bond donors (Lipinski definition) is 0. The average Bonchev–Trinajstić information content (AvgIpc) is 2.86. The summed E-state index contributed by atoms with van der Waals surface area (Å²) in [5.41, 5.74) is 1.70. The van der Waals surface area contributed by atoms with Crippen molar-refractivity contribution in [3.63, 3.8) is 0 Å². The van der Waals surface area contributed by atoms with Gasteiger partial charge < -0.3 is 4.43 Å². The maximum absolute atomic E-state index is 13.1. The van der Waals surface area contributed by atoms with Crippen LogP contribution in [0.25, 0.3) is 0 Å². The molecule has 2 rings (SSSR count). The van der Waals surface area contributed by atoms with Gasteiger partial charge in [0.25, 0.3) is 10.0 Å². The summed E-state index contributed by atoms with van der Waals surface area (Å²) in [5, 5.41) is 0.100. The minimum absolute atomic E-state index is 0.100.